The highest BCUT2D eigenvalue weighted by Gasteiger charge is 2.18. The van der Waals surface area contributed by atoms with Gasteiger partial charge in [0.15, 0.2) is 0 Å². The zero-order valence-corrected chi connectivity index (χ0v) is 9.89. The fraction of sp³-hybridized carbons (Fsp3) is 0.500. The lowest BCUT2D eigenvalue weighted by Crippen LogP contribution is -2.36. The van der Waals surface area contributed by atoms with Crippen LogP contribution in [-0.2, 0) is 11.3 Å². The number of hydrogen-bond donors (Lipinski definition) is 1. The lowest BCUT2D eigenvalue weighted by Gasteiger charge is -2.23. The minimum absolute atomic E-state index is 0.192. The predicted molar refractivity (Wildman–Crippen MR) is 63.7 cm³/mol. The van der Waals surface area contributed by atoms with Crippen molar-refractivity contribution in [3.63, 3.8) is 0 Å². The molecule has 1 unspecified atom stereocenters. The van der Waals surface area contributed by atoms with Crippen LogP contribution in [0.1, 0.15) is 18.4 Å². The lowest BCUT2D eigenvalue weighted by atomic mass is 10.1. The highest BCUT2D eigenvalue weighted by Crippen LogP contribution is 2.20. The van der Waals surface area contributed by atoms with E-state index in [0.717, 1.165) is 19.4 Å². The van der Waals surface area contributed by atoms with Gasteiger partial charge in [-0.15, -0.1) is 0 Å². The summed E-state index contributed by atoms with van der Waals surface area (Å²) in [5, 5.41) is 13.8. The number of rotatable bonds is 4. The molecule has 1 heterocycles. The standard InChI is InChI=1S/C12H15FN2O3/c13-12-9(3-1-5-11(12)15(16)17)7-14-10-4-2-6-18-8-10/h1,3,5,10,14H,2,4,6-8H2. The van der Waals surface area contributed by atoms with Crippen LogP contribution in [0.4, 0.5) is 10.1 Å². The van der Waals surface area contributed by atoms with Crippen LogP contribution in [0.2, 0.25) is 0 Å². The van der Waals surface area contributed by atoms with Crippen molar-refractivity contribution in [1.82, 2.24) is 5.32 Å². The van der Waals surface area contributed by atoms with Crippen molar-refractivity contribution >= 4 is 5.69 Å². The molecule has 1 fully saturated rings. The van der Waals surface area contributed by atoms with E-state index in [9.17, 15) is 14.5 Å². The van der Waals surface area contributed by atoms with Crippen LogP contribution in [0.3, 0.4) is 0 Å². The molecule has 0 aromatic heterocycles. The van der Waals surface area contributed by atoms with Crippen LogP contribution in [-0.4, -0.2) is 24.2 Å². The van der Waals surface area contributed by atoms with E-state index in [4.69, 9.17) is 4.74 Å². The van der Waals surface area contributed by atoms with E-state index in [2.05, 4.69) is 5.32 Å². The second-order valence-corrected chi connectivity index (χ2v) is 4.30. The van der Waals surface area contributed by atoms with Crippen molar-refractivity contribution in [3.05, 3.63) is 39.7 Å². The molecule has 6 heteroatoms. The highest BCUT2D eigenvalue weighted by atomic mass is 19.1. The van der Waals surface area contributed by atoms with Gasteiger partial charge < -0.3 is 10.1 Å². The molecule has 1 aliphatic rings. The molecule has 1 saturated heterocycles. The van der Waals surface area contributed by atoms with Crippen molar-refractivity contribution in [2.45, 2.75) is 25.4 Å². The summed E-state index contributed by atoms with van der Waals surface area (Å²) in [7, 11) is 0. The molecule has 1 aromatic carbocycles. The van der Waals surface area contributed by atoms with Gasteiger partial charge in [-0.2, -0.15) is 4.39 Å². The molecule has 5 nitrogen and oxygen atoms in total. The van der Waals surface area contributed by atoms with E-state index in [-0.39, 0.29) is 12.6 Å². The van der Waals surface area contributed by atoms with E-state index in [1.807, 2.05) is 0 Å². The van der Waals surface area contributed by atoms with E-state index in [0.29, 0.717) is 12.2 Å². The monoisotopic (exact) mass is 254 g/mol. The first kappa shape index (κ1) is 12.9. The van der Waals surface area contributed by atoms with Crippen LogP contribution in [0, 0.1) is 15.9 Å². The Morgan fingerprint density at radius 1 is 1.56 bits per heavy atom. The fourth-order valence-corrected chi connectivity index (χ4v) is 2.00. The Bertz CT molecular complexity index is 433. The zero-order valence-electron chi connectivity index (χ0n) is 9.89. The molecule has 1 aliphatic heterocycles. The number of hydrogen-bond acceptors (Lipinski definition) is 4. The van der Waals surface area contributed by atoms with Gasteiger partial charge >= 0.3 is 5.69 Å². The molecule has 0 radical (unpaired) electrons. The van der Waals surface area contributed by atoms with Gasteiger partial charge in [-0.3, -0.25) is 10.1 Å². The summed E-state index contributed by atoms with van der Waals surface area (Å²) in [6.07, 6.45) is 1.96. The van der Waals surface area contributed by atoms with Crippen molar-refractivity contribution in [2.24, 2.45) is 0 Å². The fourth-order valence-electron chi connectivity index (χ4n) is 2.00. The third-order valence-electron chi connectivity index (χ3n) is 3.00. The first-order valence-electron chi connectivity index (χ1n) is 5.91. The molecule has 1 aromatic rings. The first-order chi connectivity index (χ1) is 8.68. The number of nitro benzene ring substituents is 1. The SMILES string of the molecule is O=[N+]([O-])c1cccc(CNC2CCCOC2)c1F. The molecule has 2 rings (SSSR count). The Hall–Kier alpha value is -1.53. The second-order valence-electron chi connectivity index (χ2n) is 4.30. The number of ether oxygens (including phenoxy) is 1. The summed E-state index contributed by atoms with van der Waals surface area (Å²) in [6, 6.07) is 4.41. The smallest absolute Gasteiger partial charge is 0.305 e. The van der Waals surface area contributed by atoms with Crippen molar-refractivity contribution < 1.29 is 14.1 Å². The van der Waals surface area contributed by atoms with Gasteiger partial charge in [0.2, 0.25) is 5.82 Å². The second kappa shape index (κ2) is 5.88. The van der Waals surface area contributed by atoms with Gasteiger partial charge in [0.25, 0.3) is 0 Å². The molecule has 18 heavy (non-hydrogen) atoms. The third kappa shape index (κ3) is 3.02. The lowest BCUT2D eigenvalue weighted by molar-refractivity contribution is -0.387. The minimum Gasteiger partial charge on any atom is -0.380 e. The quantitative estimate of drug-likeness (QED) is 0.659. The molecule has 0 saturated carbocycles. The molecular formula is C12H15FN2O3. The van der Waals surface area contributed by atoms with Crippen LogP contribution in [0.5, 0.6) is 0 Å². The van der Waals surface area contributed by atoms with E-state index >= 15 is 0 Å². The summed E-state index contributed by atoms with van der Waals surface area (Å²) >= 11 is 0. The summed E-state index contributed by atoms with van der Waals surface area (Å²) in [4.78, 5) is 9.90. The Morgan fingerprint density at radius 2 is 2.39 bits per heavy atom. The molecule has 0 spiro atoms. The molecular weight excluding hydrogens is 239 g/mol. The molecule has 1 atom stereocenters. The largest absolute Gasteiger partial charge is 0.380 e. The zero-order chi connectivity index (χ0) is 13.0. The molecule has 0 bridgehead atoms. The van der Waals surface area contributed by atoms with Crippen molar-refractivity contribution in [2.75, 3.05) is 13.2 Å². The predicted octanol–water partition coefficient (Wildman–Crippen LogP) is 2.00. The van der Waals surface area contributed by atoms with Gasteiger partial charge in [0, 0.05) is 30.8 Å². The summed E-state index contributed by atoms with van der Waals surface area (Å²) < 4.78 is 19.1. The van der Waals surface area contributed by atoms with E-state index < -0.39 is 16.4 Å². The topological polar surface area (TPSA) is 64.4 Å². The number of halogens is 1. The molecule has 1 N–H and O–H groups in total. The minimum atomic E-state index is -0.758. The maximum absolute atomic E-state index is 13.8. The van der Waals surface area contributed by atoms with Crippen LogP contribution in [0.25, 0.3) is 0 Å². The van der Waals surface area contributed by atoms with Gasteiger partial charge in [0.1, 0.15) is 0 Å². The Balaban J connectivity index is 2.00. The van der Waals surface area contributed by atoms with Crippen LogP contribution in [0.15, 0.2) is 18.2 Å². The molecule has 0 amide bonds. The van der Waals surface area contributed by atoms with Crippen LogP contribution >= 0.6 is 0 Å². The van der Waals surface area contributed by atoms with Crippen molar-refractivity contribution in [1.29, 1.82) is 0 Å². The summed E-state index contributed by atoms with van der Waals surface area (Å²) in [6.45, 7) is 1.65. The van der Waals surface area contributed by atoms with Gasteiger partial charge in [-0.05, 0) is 12.8 Å². The Kier molecular flexibility index (Phi) is 4.22. The average Bonchev–Trinajstić information content (AvgIpc) is 2.38. The van der Waals surface area contributed by atoms with Gasteiger partial charge in [-0.25, -0.2) is 0 Å². The van der Waals surface area contributed by atoms with Crippen LogP contribution < -0.4 is 5.32 Å². The Labute approximate surface area is 104 Å². The maximum Gasteiger partial charge on any atom is 0.305 e. The highest BCUT2D eigenvalue weighted by molar-refractivity contribution is 5.36. The number of nitrogens with one attached hydrogen (secondary N) is 1. The first-order valence-corrected chi connectivity index (χ1v) is 5.91. The third-order valence-corrected chi connectivity index (χ3v) is 3.00. The van der Waals surface area contributed by atoms with E-state index in [1.165, 1.54) is 12.1 Å². The number of nitro groups is 1. The van der Waals surface area contributed by atoms with Gasteiger partial charge in [0.05, 0.1) is 11.5 Å². The average molecular weight is 254 g/mol. The number of benzene rings is 1. The molecule has 0 aliphatic carbocycles. The van der Waals surface area contributed by atoms with E-state index in [1.54, 1.807) is 6.07 Å². The Morgan fingerprint density at radius 3 is 3.06 bits per heavy atom. The summed E-state index contributed by atoms with van der Waals surface area (Å²) in [5.74, 6) is -0.758. The maximum atomic E-state index is 13.8. The number of nitrogens with zero attached hydrogens (tertiary/aromatic N) is 1. The summed E-state index contributed by atoms with van der Waals surface area (Å²) in [5.41, 5.74) is -0.163. The normalized spacial score (nSPS) is 19.7. The van der Waals surface area contributed by atoms with Gasteiger partial charge in [-0.1, -0.05) is 12.1 Å². The van der Waals surface area contributed by atoms with Crippen molar-refractivity contribution in [3.8, 4) is 0 Å². The molecule has 98 valence electrons.